The molecule has 0 radical (unpaired) electrons. The van der Waals surface area contributed by atoms with Gasteiger partial charge >= 0.3 is 5.97 Å². The summed E-state index contributed by atoms with van der Waals surface area (Å²) < 4.78 is 4.99. The molecule has 1 saturated heterocycles. The highest BCUT2D eigenvalue weighted by Crippen LogP contribution is 2.39. The molecule has 5 heteroatoms. The maximum atomic E-state index is 12.6. The number of hydrogen-bond acceptors (Lipinski definition) is 4. The second kappa shape index (κ2) is 5.83. The summed E-state index contributed by atoms with van der Waals surface area (Å²) in [5.41, 5.74) is 1.66. The van der Waals surface area contributed by atoms with Gasteiger partial charge in [0, 0.05) is 6.08 Å². The fraction of sp³-hybridized carbons (Fsp3) is 0.278. The van der Waals surface area contributed by atoms with Crippen molar-refractivity contribution in [2.24, 2.45) is 11.8 Å². The van der Waals surface area contributed by atoms with Gasteiger partial charge in [-0.05, 0) is 44.0 Å². The molecule has 23 heavy (non-hydrogen) atoms. The van der Waals surface area contributed by atoms with Gasteiger partial charge in [-0.3, -0.25) is 14.5 Å². The van der Waals surface area contributed by atoms with Crippen LogP contribution < -0.4 is 9.64 Å². The molecule has 1 aliphatic heterocycles. The number of benzene rings is 1. The smallest absolute Gasteiger partial charge is 0.335 e. The number of nitrogens with zero attached hydrogens (tertiary/aromatic N) is 1. The fourth-order valence-electron chi connectivity index (χ4n) is 3.11. The number of imide groups is 1. The summed E-state index contributed by atoms with van der Waals surface area (Å²) >= 11 is 0. The molecule has 2 aliphatic rings. The Hall–Kier alpha value is -2.69. The Labute approximate surface area is 134 Å². The van der Waals surface area contributed by atoms with Crippen molar-refractivity contribution in [3.8, 4) is 5.75 Å². The minimum Gasteiger partial charge on any atom is -0.423 e. The predicted molar refractivity (Wildman–Crippen MR) is 84.7 cm³/mol. The third-order valence-corrected chi connectivity index (χ3v) is 4.30. The van der Waals surface area contributed by atoms with Gasteiger partial charge in [-0.25, -0.2) is 4.79 Å². The maximum absolute atomic E-state index is 12.6. The lowest BCUT2D eigenvalue weighted by atomic mass is 9.82. The van der Waals surface area contributed by atoms with Gasteiger partial charge in [-0.1, -0.05) is 18.2 Å². The average molecular weight is 311 g/mol. The first-order valence-electron chi connectivity index (χ1n) is 7.49. The summed E-state index contributed by atoms with van der Waals surface area (Å²) in [5, 5.41) is 0. The Morgan fingerprint density at radius 2 is 1.87 bits per heavy atom. The van der Waals surface area contributed by atoms with E-state index in [0.717, 1.165) is 11.6 Å². The summed E-state index contributed by atoms with van der Waals surface area (Å²) in [4.78, 5) is 37.5. The lowest BCUT2D eigenvalue weighted by Crippen LogP contribution is -2.30. The first-order chi connectivity index (χ1) is 11.0. The normalized spacial score (nSPS) is 23.3. The van der Waals surface area contributed by atoms with E-state index in [1.54, 1.807) is 24.3 Å². The number of fused-ring (bicyclic) bond motifs is 1. The summed E-state index contributed by atoms with van der Waals surface area (Å²) in [7, 11) is 0. The summed E-state index contributed by atoms with van der Waals surface area (Å²) in [5.74, 6) is -1.04. The topological polar surface area (TPSA) is 63.7 Å². The van der Waals surface area contributed by atoms with Crippen LogP contribution in [0.1, 0.15) is 19.8 Å². The molecule has 1 fully saturated rings. The van der Waals surface area contributed by atoms with Gasteiger partial charge in [0.05, 0.1) is 17.5 Å². The molecule has 118 valence electrons. The molecule has 0 saturated carbocycles. The van der Waals surface area contributed by atoms with E-state index in [9.17, 15) is 14.4 Å². The van der Waals surface area contributed by atoms with Gasteiger partial charge < -0.3 is 4.74 Å². The second-order valence-electron chi connectivity index (χ2n) is 5.83. The number of carbonyl (C=O) groups is 3. The Balaban J connectivity index is 1.82. The zero-order chi connectivity index (χ0) is 16.6. The van der Waals surface area contributed by atoms with Gasteiger partial charge in [-0.2, -0.15) is 0 Å². The standard InChI is InChI=1S/C18H17NO4/c1-3-16(20)23-13-7-5-12(6-8-13)19-17(21)14-9-4-11(2)10-15(14)18(19)22/h3-8,14-15H,1,9-10H2,2H3/t14-,15-/m1/s1. The van der Waals surface area contributed by atoms with Crippen molar-refractivity contribution in [1.82, 2.24) is 0 Å². The molecule has 0 aromatic heterocycles. The average Bonchev–Trinajstić information content (AvgIpc) is 2.79. The largest absolute Gasteiger partial charge is 0.423 e. The van der Waals surface area contributed by atoms with Crippen molar-refractivity contribution in [2.75, 3.05) is 4.90 Å². The molecular formula is C18H17NO4. The van der Waals surface area contributed by atoms with Crippen LogP contribution in [0.2, 0.25) is 0 Å². The van der Waals surface area contributed by atoms with Crippen LogP contribution in [0.4, 0.5) is 5.69 Å². The van der Waals surface area contributed by atoms with E-state index in [4.69, 9.17) is 4.74 Å². The van der Waals surface area contributed by atoms with Gasteiger partial charge in [0.1, 0.15) is 5.75 Å². The zero-order valence-electron chi connectivity index (χ0n) is 12.8. The van der Waals surface area contributed by atoms with Gasteiger partial charge in [-0.15, -0.1) is 0 Å². The minimum absolute atomic E-state index is 0.150. The Bertz CT molecular complexity index is 717. The van der Waals surface area contributed by atoms with Crippen LogP contribution in [0.15, 0.2) is 48.6 Å². The summed E-state index contributed by atoms with van der Waals surface area (Å²) in [6.07, 6.45) is 4.36. The van der Waals surface area contributed by atoms with E-state index >= 15 is 0 Å². The lowest BCUT2D eigenvalue weighted by molar-refractivity contribution is -0.129. The van der Waals surface area contributed by atoms with E-state index in [-0.39, 0.29) is 23.7 Å². The van der Waals surface area contributed by atoms with Crippen LogP contribution >= 0.6 is 0 Å². The molecule has 1 aromatic carbocycles. The number of esters is 1. The number of rotatable bonds is 3. The highest BCUT2D eigenvalue weighted by atomic mass is 16.5. The van der Waals surface area contributed by atoms with E-state index in [1.165, 1.54) is 4.90 Å². The fourth-order valence-corrected chi connectivity index (χ4v) is 3.11. The number of amides is 2. The third kappa shape index (κ3) is 2.70. The Kier molecular flexibility index (Phi) is 3.86. The first kappa shape index (κ1) is 15.2. The van der Waals surface area contributed by atoms with Crippen molar-refractivity contribution in [3.05, 3.63) is 48.6 Å². The predicted octanol–water partition coefficient (Wildman–Crippen LogP) is 2.62. The van der Waals surface area contributed by atoms with E-state index in [1.807, 2.05) is 13.0 Å². The van der Waals surface area contributed by atoms with E-state index in [2.05, 4.69) is 6.58 Å². The van der Waals surface area contributed by atoms with E-state index < -0.39 is 5.97 Å². The van der Waals surface area contributed by atoms with Crippen molar-refractivity contribution >= 4 is 23.5 Å². The zero-order valence-corrected chi connectivity index (χ0v) is 12.8. The highest BCUT2D eigenvalue weighted by molar-refractivity contribution is 6.22. The monoisotopic (exact) mass is 311 g/mol. The SMILES string of the molecule is C=CC(=O)Oc1ccc(N2C(=O)[C@@H]3CC=C(C)C[C@H]3C2=O)cc1. The summed E-state index contributed by atoms with van der Waals surface area (Å²) in [6, 6.07) is 6.34. The van der Waals surface area contributed by atoms with Gasteiger partial charge in [0.15, 0.2) is 0 Å². The molecule has 0 unspecified atom stereocenters. The van der Waals surface area contributed by atoms with Crippen LogP contribution in [0.3, 0.4) is 0 Å². The quantitative estimate of drug-likeness (QED) is 0.283. The van der Waals surface area contributed by atoms with Crippen molar-refractivity contribution < 1.29 is 19.1 Å². The van der Waals surface area contributed by atoms with Crippen LogP contribution in [0.5, 0.6) is 5.75 Å². The molecule has 5 nitrogen and oxygen atoms in total. The molecule has 2 amide bonds. The van der Waals surface area contributed by atoms with Gasteiger partial charge in [0.25, 0.3) is 0 Å². The van der Waals surface area contributed by atoms with Crippen LogP contribution in [0, 0.1) is 11.8 Å². The molecule has 0 bridgehead atoms. The van der Waals surface area contributed by atoms with Crippen molar-refractivity contribution in [2.45, 2.75) is 19.8 Å². The lowest BCUT2D eigenvalue weighted by Gasteiger charge is -2.18. The summed E-state index contributed by atoms with van der Waals surface area (Å²) in [6.45, 7) is 5.31. The number of carbonyl (C=O) groups excluding carboxylic acids is 3. The Morgan fingerprint density at radius 1 is 1.22 bits per heavy atom. The molecule has 3 rings (SSSR count). The molecular weight excluding hydrogens is 294 g/mol. The number of ether oxygens (including phenoxy) is 1. The van der Waals surface area contributed by atoms with E-state index in [0.29, 0.717) is 24.3 Å². The molecule has 2 atom stereocenters. The highest BCUT2D eigenvalue weighted by Gasteiger charge is 2.48. The Morgan fingerprint density at radius 3 is 2.52 bits per heavy atom. The van der Waals surface area contributed by atoms with Crippen LogP contribution in [-0.4, -0.2) is 17.8 Å². The first-order valence-corrected chi connectivity index (χ1v) is 7.49. The third-order valence-electron chi connectivity index (χ3n) is 4.30. The van der Waals surface area contributed by atoms with Crippen molar-refractivity contribution in [3.63, 3.8) is 0 Å². The molecule has 1 aliphatic carbocycles. The number of hydrogen-bond donors (Lipinski definition) is 0. The molecule has 0 spiro atoms. The molecule has 1 aromatic rings. The number of anilines is 1. The van der Waals surface area contributed by atoms with Crippen LogP contribution in [-0.2, 0) is 14.4 Å². The van der Waals surface area contributed by atoms with Crippen LogP contribution in [0.25, 0.3) is 0 Å². The van der Waals surface area contributed by atoms with Crippen molar-refractivity contribution in [1.29, 1.82) is 0 Å². The maximum Gasteiger partial charge on any atom is 0.335 e. The molecule has 1 heterocycles. The van der Waals surface area contributed by atoms with Gasteiger partial charge in [0.2, 0.25) is 11.8 Å². The molecule has 0 N–H and O–H groups in total. The second-order valence-corrected chi connectivity index (χ2v) is 5.83. The minimum atomic E-state index is -0.557. The number of allylic oxidation sites excluding steroid dienone is 2.